The fourth-order valence-corrected chi connectivity index (χ4v) is 5.99. The van der Waals surface area contributed by atoms with Crippen LogP contribution in [0.15, 0.2) is 18.2 Å². The van der Waals surface area contributed by atoms with Gasteiger partial charge in [-0.25, -0.2) is 0 Å². The number of imide groups is 1. The number of piperidine rings is 1. The second-order valence-electron chi connectivity index (χ2n) is 9.67. The van der Waals surface area contributed by atoms with Crippen LogP contribution < -0.4 is 16.4 Å². The van der Waals surface area contributed by atoms with E-state index in [0.717, 1.165) is 29.5 Å². The number of nitrogens with zero attached hydrogens (tertiary/aromatic N) is 1. The quantitative estimate of drug-likeness (QED) is 0.654. The smallest absolute Gasteiger partial charge is 0.255 e. The van der Waals surface area contributed by atoms with Crippen molar-refractivity contribution in [2.75, 3.05) is 0 Å². The molecule has 0 bridgehead atoms. The van der Waals surface area contributed by atoms with Gasteiger partial charge in [-0.2, -0.15) is 0 Å². The molecule has 5 rings (SSSR count). The molecule has 7 nitrogen and oxygen atoms in total. The summed E-state index contributed by atoms with van der Waals surface area (Å²) in [6.07, 6.45) is 7.84. The average Bonchev–Trinajstić information content (AvgIpc) is 3.03. The van der Waals surface area contributed by atoms with Gasteiger partial charge >= 0.3 is 0 Å². The van der Waals surface area contributed by atoms with Crippen molar-refractivity contribution in [2.24, 2.45) is 11.1 Å². The van der Waals surface area contributed by atoms with Crippen LogP contribution >= 0.6 is 0 Å². The highest BCUT2D eigenvalue weighted by molar-refractivity contribution is 6.05. The van der Waals surface area contributed by atoms with Crippen LogP contribution in [0.25, 0.3) is 0 Å². The Balaban J connectivity index is 1.23. The van der Waals surface area contributed by atoms with Crippen molar-refractivity contribution in [2.45, 2.75) is 82.6 Å². The van der Waals surface area contributed by atoms with Crippen LogP contribution in [0.5, 0.6) is 0 Å². The summed E-state index contributed by atoms with van der Waals surface area (Å²) in [5.74, 6) is -0.717. The van der Waals surface area contributed by atoms with E-state index in [1.807, 2.05) is 18.2 Å². The Kier molecular flexibility index (Phi) is 4.90. The molecule has 3 fully saturated rings. The number of benzene rings is 1. The Bertz CT molecular complexity index is 882. The number of carbonyl (C=O) groups excluding carboxylic acids is 3. The highest BCUT2D eigenvalue weighted by Crippen LogP contribution is 2.50. The molecule has 2 aliphatic heterocycles. The Morgan fingerprint density at radius 1 is 1.13 bits per heavy atom. The molecule has 1 unspecified atom stereocenters. The fraction of sp³-hybridized carbons (Fsp3) is 0.609. The zero-order valence-electron chi connectivity index (χ0n) is 17.3. The van der Waals surface area contributed by atoms with Gasteiger partial charge in [-0.15, -0.1) is 0 Å². The highest BCUT2D eigenvalue weighted by Gasteiger charge is 2.44. The lowest BCUT2D eigenvalue weighted by Gasteiger charge is -2.50. The van der Waals surface area contributed by atoms with Gasteiger partial charge in [0.05, 0.1) is 0 Å². The Labute approximate surface area is 176 Å². The van der Waals surface area contributed by atoms with Crippen molar-refractivity contribution >= 4 is 17.7 Å². The van der Waals surface area contributed by atoms with E-state index in [-0.39, 0.29) is 24.1 Å². The lowest BCUT2D eigenvalue weighted by atomic mass is 9.58. The van der Waals surface area contributed by atoms with E-state index in [1.165, 1.54) is 25.7 Å². The lowest BCUT2D eigenvalue weighted by molar-refractivity contribution is -0.136. The number of amides is 3. The third kappa shape index (κ3) is 3.44. The molecule has 2 saturated carbocycles. The summed E-state index contributed by atoms with van der Waals surface area (Å²) in [4.78, 5) is 38.5. The third-order valence-electron chi connectivity index (χ3n) is 7.66. The van der Waals surface area contributed by atoms with Crippen LogP contribution in [-0.2, 0) is 22.7 Å². The molecule has 4 N–H and O–H groups in total. The standard InChI is InChI=1S/C23H30N4O3/c24-16-10-23(11-16)8-6-17(7-9-23)25-12-14-2-1-3-15-13-27(22(30)20(14)15)18-4-5-19(28)26-21(18)29/h1-3,16-18,25H,4-13,24H2,(H,26,28,29). The summed E-state index contributed by atoms with van der Waals surface area (Å²) in [6, 6.07) is 6.28. The van der Waals surface area contributed by atoms with Gasteiger partial charge in [0.15, 0.2) is 0 Å². The van der Waals surface area contributed by atoms with Gasteiger partial charge in [0.2, 0.25) is 11.8 Å². The number of nitrogens with one attached hydrogen (secondary N) is 2. The van der Waals surface area contributed by atoms with Gasteiger partial charge in [-0.3, -0.25) is 19.7 Å². The lowest BCUT2D eigenvalue weighted by Crippen LogP contribution is -2.52. The van der Waals surface area contributed by atoms with E-state index in [4.69, 9.17) is 5.73 Å². The molecule has 0 radical (unpaired) electrons. The summed E-state index contributed by atoms with van der Waals surface area (Å²) >= 11 is 0. The van der Waals surface area contributed by atoms with Crippen molar-refractivity contribution < 1.29 is 14.4 Å². The molecule has 2 aliphatic carbocycles. The van der Waals surface area contributed by atoms with Gasteiger partial charge < -0.3 is 16.0 Å². The second-order valence-corrected chi connectivity index (χ2v) is 9.67. The first-order chi connectivity index (χ1) is 14.4. The van der Waals surface area contributed by atoms with Crippen molar-refractivity contribution in [3.05, 3.63) is 34.9 Å². The van der Waals surface area contributed by atoms with E-state index in [0.29, 0.717) is 37.0 Å². The summed E-state index contributed by atoms with van der Waals surface area (Å²) in [5.41, 5.74) is 9.20. The van der Waals surface area contributed by atoms with Gasteiger partial charge in [-0.1, -0.05) is 18.2 Å². The molecular weight excluding hydrogens is 380 g/mol. The first kappa shape index (κ1) is 19.7. The number of carbonyl (C=O) groups is 3. The van der Waals surface area contributed by atoms with Crippen LogP contribution in [0.4, 0.5) is 0 Å². The maximum Gasteiger partial charge on any atom is 0.255 e. The molecule has 2 heterocycles. The van der Waals surface area contributed by atoms with Crippen LogP contribution in [0.2, 0.25) is 0 Å². The molecule has 4 aliphatic rings. The van der Waals surface area contributed by atoms with Crippen molar-refractivity contribution in [1.29, 1.82) is 0 Å². The predicted molar refractivity (Wildman–Crippen MR) is 111 cm³/mol. The van der Waals surface area contributed by atoms with E-state index >= 15 is 0 Å². The first-order valence-corrected chi connectivity index (χ1v) is 11.2. The number of rotatable bonds is 4. The van der Waals surface area contributed by atoms with Gasteiger partial charge in [0, 0.05) is 37.2 Å². The van der Waals surface area contributed by atoms with E-state index < -0.39 is 6.04 Å². The van der Waals surface area contributed by atoms with E-state index in [9.17, 15) is 14.4 Å². The molecule has 0 aromatic heterocycles. The van der Waals surface area contributed by atoms with Gasteiger partial charge in [0.25, 0.3) is 5.91 Å². The first-order valence-electron chi connectivity index (χ1n) is 11.2. The molecular formula is C23H30N4O3. The number of hydrogen-bond donors (Lipinski definition) is 3. The summed E-state index contributed by atoms with van der Waals surface area (Å²) in [5, 5.41) is 6.03. The number of fused-ring (bicyclic) bond motifs is 1. The van der Waals surface area contributed by atoms with Crippen LogP contribution in [0.1, 0.15) is 72.9 Å². The van der Waals surface area contributed by atoms with E-state index in [1.54, 1.807) is 4.90 Å². The number of hydrogen-bond acceptors (Lipinski definition) is 5. The summed E-state index contributed by atoms with van der Waals surface area (Å²) < 4.78 is 0. The molecule has 1 atom stereocenters. The molecule has 160 valence electrons. The van der Waals surface area contributed by atoms with Crippen LogP contribution in [0, 0.1) is 5.41 Å². The average molecular weight is 411 g/mol. The highest BCUT2D eigenvalue weighted by atomic mass is 16.2. The number of nitrogens with two attached hydrogens (primary N) is 1. The third-order valence-corrected chi connectivity index (χ3v) is 7.66. The maximum atomic E-state index is 13.2. The van der Waals surface area contributed by atoms with Gasteiger partial charge in [-0.05, 0) is 61.5 Å². The summed E-state index contributed by atoms with van der Waals surface area (Å²) in [6.45, 7) is 1.09. The minimum absolute atomic E-state index is 0.0945. The zero-order valence-corrected chi connectivity index (χ0v) is 17.3. The summed E-state index contributed by atoms with van der Waals surface area (Å²) in [7, 11) is 0. The topological polar surface area (TPSA) is 105 Å². The second kappa shape index (κ2) is 7.46. The molecule has 7 heteroatoms. The molecule has 30 heavy (non-hydrogen) atoms. The Hall–Kier alpha value is -2.25. The van der Waals surface area contributed by atoms with Crippen molar-refractivity contribution in [1.82, 2.24) is 15.5 Å². The van der Waals surface area contributed by atoms with Crippen LogP contribution in [-0.4, -0.2) is 40.7 Å². The monoisotopic (exact) mass is 410 g/mol. The largest absolute Gasteiger partial charge is 0.328 e. The predicted octanol–water partition coefficient (Wildman–Crippen LogP) is 1.59. The van der Waals surface area contributed by atoms with Gasteiger partial charge in [0.1, 0.15) is 6.04 Å². The Morgan fingerprint density at radius 3 is 2.60 bits per heavy atom. The van der Waals surface area contributed by atoms with Crippen molar-refractivity contribution in [3.8, 4) is 0 Å². The molecule has 1 aromatic rings. The normalized spacial score (nSPS) is 33.4. The minimum Gasteiger partial charge on any atom is -0.328 e. The molecule has 3 amide bonds. The molecule has 1 spiro atoms. The maximum absolute atomic E-state index is 13.2. The van der Waals surface area contributed by atoms with E-state index in [2.05, 4.69) is 10.6 Å². The Morgan fingerprint density at radius 2 is 1.90 bits per heavy atom. The van der Waals surface area contributed by atoms with Crippen LogP contribution in [0.3, 0.4) is 0 Å². The molecule has 1 aromatic carbocycles. The minimum atomic E-state index is -0.563. The SMILES string of the molecule is NC1CC2(CCC(NCc3cccc4c3C(=O)N(C3CCC(=O)NC3=O)C4)CC2)C1. The molecule has 1 saturated heterocycles. The zero-order chi connectivity index (χ0) is 20.9. The van der Waals surface area contributed by atoms with Crippen molar-refractivity contribution in [3.63, 3.8) is 0 Å². The fourth-order valence-electron chi connectivity index (χ4n) is 5.99.